The molecule has 0 saturated heterocycles. The van der Waals surface area contributed by atoms with E-state index in [2.05, 4.69) is 15.3 Å². The van der Waals surface area contributed by atoms with Crippen LogP contribution in [0.25, 0.3) is 11.3 Å². The van der Waals surface area contributed by atoms with E-state index < -0.39 is 5.82 Å². The zero-order chi connectivity index (χ0) is 13.7. The molecule has 1 heterocycles. The fourth-order valence-electron chi connectivity index (χ4n) is 1.64. The van der Waals surface area contributed by atoms with Crippen molar-refractivity contribution in [1.29, 1.82) is 0 Å². The maximum absolute atomic E-state index is 13.8. The monoisotopic (exact) mass is 261 g/mol. The highest BCUT2D eigenvalue weighted by molar-refractivity contribution is 5.61. The lowest BCUT2D eigenvalue weighted by molar-refractivity contribution is 0.415. The van der Waals surface area contributed by atoms with Crippen LogP contribution < -0.4 is 10.1 Å². The minimum atomic E-state index is -0.438. The van der Waals surface area contributed by atoms with E-state index in [0.717, 1.165) is 18.7 Å². The molecule has 0 amide bonds. The highest BCUT2D eigenvalue weighted by Gasteiger charge is 2.09. The predicted octanol–water partition coefficient (Wildman–Crippen LogP) is 3.11. The van der Waals surface area contributed by atoms with E-state index in [0.29, 0.717) is 11.5 Å². The Hall–Kier alpha value is -2.17. The molecule has 4 nitrogen and oxygen atoms in total. The number of methoxy groups -OCH3 is 1. The highest BCUT2D eigenvalue weighted by atomic mass is 19.1. The third kappa shape index (κ3) is 3.19. The van der Waals surface area contributed by atoms with Crippen molar-refractivity contribution in [3.8, 4) is 17.0 Å². The SMILES string of the molecule is CCCNc1ncc(F)c(-c2ccc(OC)cc2)n1. The quantitative estimate of drug-likeness (QED) is 0.898. The van der Waals surface area contributed by atoms with Gasteiger partial charge in [0, 0.05) is 12.1 Å². The maximum atomic E-state index is 13.8. The van der Waals surface area contributed by atoms with E-state index in [9.17, 15) is 4.39 Å². The molecule has 0 atom stereocenters. The molecular weight excluding hydrogens is 245 g/mol. The number of benzene rings is 1. The molecule has 1 N–H and O–H groups in total. The first kappa shape index (κ1) is 13.3. The number of nitrogens with one attached hydrogen (secondary N) is 1. The van der Waals surface area contributed by atoms with Gasteiger partial charge in [-0.15, -0.1) is 0 Å². The Bertz CT molecular complexity index is 543. The minimum absolute atomic E-state index is 0.288. The molecule has 0 aliphatic carbocycles. The van der Waals surface area contributed by atoms with Crippen LogP contribution in [0.1, 0.15) is 13.3 Å². The largest absolute Gasteiger partial charge is 0.497 e. The first-order valence-electron chi connectivity index (χ1n) is 6.15. The molecule has 0 unspecified atom stereocenters. The molecule has 0 aliphatic heterocycles. The summed E-state index contributed by atoms with van der Waals surface area (Å²) in [4.78, 5) is 8.11. The second kappa shape index (κ2) is 6.13. The number of halogens is 1. The molecule has 2 rings (SSSR count). The molecule has 1 aromatic heterocycles. The van der Waals surface area contributed by atoms with Gasteiger partial charge in [0.1, 0.15) is 11.4 Å². The summed E-state index contributed by atoms with van der Waals surface area (Å²) >= 11 is 0. The van der Waals surface area contributed by atoms with Crippen LogP contribution >= 0.6 is 0 Å². The van der Waals surface area contributed by atoms with Crippen molar-refractivity contribution in [3.63, 3.8) is 0 Å². The summed E-state index contributed by atoms with van der Waals surface area (Å²) in [5.74, 6) is 0.726. The van der Waals surface area contributed by atoms with Gasteiger partial charge in [0.15, 0.2) is 5.82 Å². The molecule has 0 bridgehead atoms. The van der Waals surface area contributed by atoms with Gasteiger partial charge in [0.25, 0.3) is 0 Å². The van der Waals surface area contributed by atoms with E-state index >= 15 is 0 Å². The summed E-state index contributed by atoms with van der Waals surface area (Å²) in [7, 11) is 1.59. The number of anilines is 1. The number of aromatic nitrogens is 2. The van der Waals surface area contributed by atoms with Gasteiger partial charge in [-0.3, -0.25) is 0 Å². The van der Waals surface area contributed by atoms with Crippen molar-refractivity contribution in [2.75, 3.05) is 19.0 Å². The van der Waals surface area contributed by atoms with E-state index in [1.54, 1.807) is 31.4 Å². The molecule has 2 aromatic rings. The van der Waals surface area contributed by atoms with Crippen LogP contribution in [-0.2, 0) is 0 Å². The Morgan fingerprint density at radius 3 is 2.63 bits per heavy atom. The van der Waals surface area contributed by atoms with E-state index in [1.807, 2.05) is 6.92 Å². The zero-order valence-electron chi connectivity index (χ0n) is 11.0. The van der Waals surface area contributed by atoms with Gasteiger partial charge in [-0.05, 0) is 30.7 Å². The number of nitrogens with zero attached hydrogens (tertiary/aromatic N) is 2. The molecule has 0 saturated carbocycles. The first-order valence-corrected chi connectivity index (χ1v) is 6.15. The second-order valence-electron chi connectivity index (χ2n) is 4.05. The van der Waals surface area contributed by atoms with E-state index in [4.69, 9.17) is 4.74 Å². The topological polar surface area (TPSA) is 47.0 Å². The first-order chi connectivity index (χ1) is 9.24. The molecular formula is C14H16FN3O. The van der Waals surface area contributed by atoms with Gasteiger partial charge in [-0.2, -0.15) is 0 Å². The molecule has 0 spiro atoms. The Morgan fingerprint density at radius 1 is 1.26 bits per heavy atom. The average Bonchev–Trinajstić information content (AvgIpc) is 2.46. The van der Waals surface area contributed by atoms with Crippen LogP contribution in [0.5, 0.6) is 5.75 Å². The summed E-state index contributed by atoms with van der Waals surface area (Å²) in [6.07, 6.45) is 2.14. The van der Waals surface area contributed by atoms with E-state index in [-0.39, 0.29) is 5.69 Å². The fraction of sp³-hybridized carbons (Fsp3) is 0.286. The van der Waals surface area contributed by atoms with Crippen LogP contribution in [-0.4, -0.2) is 23.6 Å². The van der Waals surface area contributed by atoms with Crippen molar-refractivity contribution in [1.82, 2.24) is 9.97 Å². The van der Waals surface area contributed by atoms with E-state index in [1.165, 1.54) is 6.20 Å². The maximum Gasteiger partial charge on any atom is 0.223 e. The Labute approximate surface area is 111 Å². The standard InChI is InChI=1S/C14H16FN3O/c1-3-8-16-14-17-9-12(15)13(18-14)10-4-6-11(19-2)7-5-10/h4-7,9H,3,8H2,1-2H3,(H,16,17,18). The highest BCUT2D eigenvalue weighted by Crippen LogP contribution is 2.23. The zero-order valence-corrected chi connectivity index (χ0v) is 11.0. The van der Waals surface area contributed by atoms with Crippen LogP contribution in [0, 0.1) is 5.82 Å². The Kier molecular flexibility index (Phi) is 4.28. The summed E-state index contributed by atoms with van der Waals surface area (Å²) in [6, 6.07) is 7.09. The molecule has 19 heavy (non-hydrogen) atoms. The number of hydrogen-bond acceptors (Lipinski definition) is 4. The van der Waals surface area contributed by atoms with Crippen LogP contribution in [0.15, 0.2) is 30.5 Å². The van der Waals surface area contributed by atoms with Crippen molar-refractivity contribution in [3.05, 3.63) is 36.3 Å². The smallest absolute Gasteiger partial charge is 0.223 e. The lowest BCUT2D eigenvalue weighted by Crippen LogP contribution is -2.05. The van der Waals surface area contributed by atoms with Crippen molar-refractivity contribution in [2.24, 2.45) is 0 Å². The van der Waals surface area contributed by atoms with Gasteiger partial charge in [-0.1, -0.05) is 6.92 Å². The summed E-state index contributed by atoms with van der Waals surface area (Å²) in [6.45, 7) is 2.80. The number of hydrogen-bond donors (Lipinski definition) is 1. The fourth-order valence-corrected chi connectivity index (χ4v) is 1.64. The Morgan fingerprint density at radius 2 is 2.00 bits per heavy atom. The van der Waals surface area contributed by atoms with Crippen molar-refractivity contribution >= 4 is 5.95 Å². The van der Waals surface area contributed by atoms with Gasteiger partial charge in [-0.25, -0.2) is 14.4 Å². The van der Waals surface area contributed by atoms with Gasteiger partial charge >= 0.3 is 0 Å². The second-order valence-corrected chi connectivity index (χ2v) is 4.05. The third-order valence-corrected chi connectivity index (χ3v) is 2.64. The molecule has 5 heteroatoms. The van der Waals surface area contributed by atoms with Crippen LogP contribution in [0.2, 0.25) is 0 Å². The third-order valence-electron chi connectivity index (χ3n) is 2.64. The lowest BCUT2D eigenvalue weighted by Gasteiger charge is -2.07. The molecule has 1 aromatic carbocycles. The van der Waals surface area contributed by atoms with Crippen LogP contribution in [0.3, 0.4) is 0 Å². The molecule has 0 aliphatic rings. The van der Waals surface area contributed by atoms with Crippen molar-refractivity contribution < 1.29 is 9.13 Å². The normalized spacial score (nSPS) is 10.3. The number of ether oxygens (including phenoxy) is 1. The molecule has 100 valence electrons. The van der Waals surface area contributed by atoms with Gasteiger partial charge in [0.2, 0.25) is 5.95 Å². The summed E-state index contributed by atoms with van der Waals surface area (Å²) in [5.41, 5.74) is 0.983. The van der Waals surface area contributed by atoms with Crippen molar-refractivity contribution in [2.45, 2.75) is 13.3 Å². The van der Waals surface area contributed by atoms with Crippen LogP contribution in [0.4, 0.5) is 10.3 Å². The lowest BCUT2D eigenvalue weighted by atomic mass is 10.1. The summed E-state index contributed by atoms with van der Waals surface area (Å²) in [5, 5.41) is 3.04. The Balaban J connectivity index is 2.31. The van der Waals surface area contributed by atoms with Gasteiger partial charge < -0.3 is 10.1 Å². The predicted molar refractivity (Wildman–Crippen MR) is 72.8 cm³/mol. The van der Waals surface area contributed by atoms with Gasteiger partial charge in [0.05, 0.1) is 13.3 Å². The molecule has 0 radical (unpaired) electrons. The molecule has 0 fully saturated rings. The minimum Gasteiger partial charge on any atom is -0.497 e. The number of rotatable bonds is 5. The average molecular weight is 261 g/mol. The summed E-state index contributed by atoms with van der Waals surface area (Å²) < 4.78 is 18.8.